The van der Waals surface area contributed by atoms with Gasteiger partial charge in [-0.1, -0.05) is 34.5 Å². The molecule has 13 nitrogen and oxygen atoms in total. The van der Waals surface area contributed by atoms with E-state index in [9.17, 15) is 25.2 Å². The van der Waals surface area contributed by atoms with Crippen molar-refractivity contribution in [2.45, 2.75) is 55.9 Å². The van der Waals surface area contributed by atoms with E-state index in [1.54, 1.807) is 35.4 Å². The van der Waals surface area contributed by atoms with Crippen molar-refractivity contribution in [2.75, 3.05) is 19.8 Å². The summed E-state index contributed by atoms with van der Waals surface area (Å²) in [5.74, 6) is 1.00. The number of aliphatic hydroxyl groups excluding tert-OH is 4. The summed E-state index contributed by atoms with van der Waals surface area (Å²) in [5, 5.41) is 50.3. The zero-order valence-corrected chi connectivity index (χ0v) is 27.6. The van der Waals surface area contributed by atoms with Gasteiger partial charge >= 0.3 is 6.09 Å². The molecule has 1 aliphatic carbocycles. The van der Waals surface area contributed by atoms with Crippen LogP contribution < -0.4 is 4.74 Å². The summed E-state index contributed by atoms with van der Waals surface area (Å²) in [6.45, 7) is 0.208. The van der Waals surface area contributed by atoms with Crippen molar-refractivity contribution in [1.29, 1.82) is 0 Å². The Morgan fingerprint density at radius 1 is 1.06 bits per heavy atom. The van der Waals surface area contributed by atoms with Crippen LogP contribution in [0.15, 0.2) is 72.6 Å². The Morgan fingerprint density at radius 3 is 2.61 bits per heavy atom. The van der Waals surface area contributed by atoms with Crippen LogP contribution in [0, 0.1) is 5.92 Å². The molecule has 49 heavy (non-hydrogen) atoms. The molecule has 7 atom stereocenters. The third-order valence-electron chi connectivity index (χ3n) is 9.21. The number of fused-ring (bicyclic) bond motifs is 3. The summed E-state index contributed by atoms with van der Waals surface area (Å²) >= 11 is 12.4. The van der Waals surface area contributed by atoms with E-state index in [1.165, 1.54) is 4.68 Å². The molecule has 7 unspecified atom stereocenters. The average Bonchev–Trinajstić information content (AvgIpc) is 3.73. The van der Waals surface area contributed by atoms with Gasteiger partial charge in [-0.25, -0.2) is 9.48 Å². The minimum atomic E-state index is -1.52. The molecule has 5 N–H and O–H groups in total. The van der Waals surface area contributed by atoms with Crippen molar-refractivity contribution in [1.82, 2.24) is 24.9 Å². The minimum absolute atomic E-state index is 0.0777. The van der Waals surface area contributed by atoms with Gasteiger partial charge in [0.2, 0.25) is 0 Å². The molecule has 4 aromatic rings. The van der Waals surface area contributed by atoms with Gasteiger partial charge in [-0.3, -0.25) is 4.90 Å². The first kappa shape index (κ1) is 33.5. The van der Waals surface area contributed by atoms with Crippen LogP contribution in [0.3, 0.4) is 0 Å². The van der Waals surface area contributed by atoms with Crippen molar-refractivity contribution in [3.05, 3.63) is 99.6 Å². The van der Waals surface area contributed by atoms with E-state index in [1.807, 2.05) is 36.4 Å². The first-order chi connectivity index (χ1) is 23.7. The number of carbonyl (C=O) groups excluding carboxylic acids is 1. The number of allylic oxidation sites excluding steroid dienone is 2. The highest BCUT2D eigenvalue weighted by atomic mass is 35.5. The monoisotopic (exact) mass is 711 g/mol. The van der Waals surface area contributed by atoms with E-state index in [0.717, 1.165) is 22.2 Å². The zero-order valence-electron chi connectivity index (χ0n) is 26.1. The van der Waals surface area contributed by atoms with Crippen LogP contribution in [0.25, 0.3) is 10.9 Å². The number of halogens is 2. The van der Waals surface area contributed by atoms with Gasteiger partial charge in [0, 0.05) is 45.5 Å². The second-order valence-corrected chi connectivity index (χ2v) is 13.2. The Labute approximate surface area is 290 Å². The number of carbonyl (C=O) groups is 1. The zero-order chi connectivity index (χ0) is 34.2. The van der Waals surface area contributed by atoms with E-state index < -0.39 is 43.3 Å². The quantitative estimate of drug-likeness (QED) is 0.181. The number of aliphatic hydroxyl groups is 4. The van der Waals surface area contributed by atoms with Gasteiger partial charge in [0.05, 0.1) is 31.1 Å². The Morgan fingerprint density at radius 2 is 1.86 bits per heavy atom. The minimum Gasteiger partial charge on any atom is -0.494 e. The van der Waals surface area contributed by atoms with Gasteiger partial charge in [0.1, 0.15) is 35.9 Å². The Kier molecular flexibility index (Phi) is 9.66. The van der Waals surface area contributed by atoms with Crippen LogP contribution in [0.2, 0.25) is 10.0 Å². The molecule has 15 heteroatoms. The largest absolute Gasteiger partial charge is 0.494 e. The molecule has 0 radical (unpaired) electrons. The number of hydrogen-bond donors (Lipinski definition) is 5. The van der Waals surface area contributed by atoms with Gasteiger partial charge in [0.15, 0.2) is 6.23 Å². The van der Waals surface area contributed by atoms with Crippen molar-refractivity contribution in [3.63, 3.8) is 0 Å². The number of amides is 1. The lowest BCUT2D eigenvalue weighted by Crippen LogP contribution is -2.56. The number of benzene rings is 2. The van der Waals surface area contributed by atoms with Crippen LogP contribution in [0.5, 0.6) is 5.75 Å². The lowest BCUT2D eigenvalue weighted by molar-refractivity contribution is -0.254. The van der Waals surface area contributed by atoms with Crippen LogP contribution >= 0.6 is 23.2 Å². The molecule has 2 aromatic heterocycles. The third-order valence-corrected chi connectivity index (χ3v) is 9.69. The Balaban J connectivity index is 1.02. The summed E-state index contributed by atoms with van der Waals surface area (Å²) in [7, 11) is 0. The van der Waals surface area contributed by atoms with Crippen LogP contribution in [0.4, 0.5) is 4.79 Å². The molecule has 0 bridgehead atoms. The topological polar surface area (TPSA) is 175 Å². The lowest BCUT2D eigenvalue weighted by atomic mass is 9.84. The van der Waals surface area contributed by atoms with Gasteiger partial charge in [-0.05, 0) is 73.0 Å². The fourth-order valence-corrected chi connectivity index (χ4v) is 6.98. The van der Waals surface area contributed by atoms with Crippen molar-refractivity contribution < 1.29 is 39.4 Å². The predicted octanol–water partition coefficient (Wildman–Crippen LogP) is 3.86. The Bertz CT molecular complexity index is 1880. The number of rotatable bonds is 8. The highest BCUT2D eigenvalue weighted by Crippen LogP contribution is 2.42. The number of aromatic nitrogens is 4. The molecule has 258 valence electrons. The molecule has 0 spiro atoms. The van der Waals surface area contributed by atoms with Gasteiger partial charge in [0.25, 0.3) is 0 Å². The average molecular weight is 713 g/mol. The first-order valence-electron chi connectivity index (χ1n) is 16.0. The highest BCUT2D eigenvalue weighted by molar-refractivity contribution is 6.31. The third kappa shape index (κ3) is 6.80. The maximum Gasteiger partial charge on any atom is 0.415 e. The highest BCUT2D eigenvalue weighted by Gasteiger charge is 2.45. The summed E-state index contributed by atoms with van der Waals surface area (Å²) in [6, 6.07) is 12.1. The molecule has 1 fully saturated rings. The van der Waals surface area contributed by atoms with E-state index >= 15 is 0 Å². The summed E-state index contributed by atoms with van der Waals surface area (Å²) in [5.41, 5.74) is 3.59. The maximum atomic E-state index is 13.6. The van der Waals surface area contributed by atoms with Crippen molar-refractivity contribution in [2.24, 2.45) is 5.92 Å². The number of hydrogen-bond acceptors (Lipinski definition) is 10. The molecule has 1 saturated heterocycles. The van der Waals surface area contributed by atoms with Crippen LogP contribution in [-0.4, -0.2) is 95.6 Å². The number of aromatic amines is 1. The molecule has 2 aromatic carbocycles. The summed E-state index contributed by atoms with van der Waals surface area (Å²) < 4.78 is 18.6. The number of ether oxygens (including phenoxy) is 3. The van der Waals surface area contributed by atoms with Crippen LogP contribution in [-0.2, 0) is 22.3 Å². The van der Waals surface area contributed by atoms with E-state index in [2.05, 4.69) is 15.3 Å². The molecule has 4 heterocycles. The summed E-state index contributed by atoms with van der Waals surface area (Å²) in [6.07, 6.45) is 2.05. The normalized spacial score (nSPS) is 26.8. The van der Waals surface area contributed by atoms with Crippen molar-refractivity contribution in [3.8, 4) is 5.75 Å². The molecule has 1 amide bonds. The second kappa shape index (κ2) is 14.1. The fraction of sp³-hybridized carbons (Fsp3) is 0.382. The predicted molar refractivity (Wildman–Crippen MR) is 178 cm³/mol. The molecular formula is C34H35Cl2N5O8. The fourth-order valence-electron chi connectivity index (χ4n) is 6.69. The van der Waals surface area contributed by atoms with E-state index in [-0.39, 0.29) is 18.6 Å². The number of nitrogens with one attached hydrogen (secondary N) is 1. The number of H-pyrrole nitrogens is 1. The molecule has 2 aliphatic heterocycles. The van der Waals surface area contributed by atoms with Gasteiger partial charge in [-0.2, -0.15) is 0 Å². The standard InChI is InChI=1S/C34H35Cl2N5O8/c35-19-3-8-23(9-4-19)48-34(46)40-13-11-24-25-15-20(36)5-10-26(25)37-28(24)29(40)18-1-6-22(7-2-18)47-14-12-21-16-41(39-38-21)33-32(45)31(44)30(43)27(17-42)49-33/h1,3-10,15-16,18,27,29-33,37,42-45H,2,11-14,17H2. The molecule has 0 saturated carbocycles. The van der Waals surface area contributed by atoms with E-state index in [0.29, 0.717) is 53.1 Å². The second-order valence-electron chi connectivity index (χ2n) is 12.3. The smallest absolute Gasteiger partial charge is 0.415 e. The Hall–Kier alpha value is -3.95. The van der Waals surface area contributed by atoms with Crippen molar-refractivity contribution >= 4 is 40.2 Å². The molecule has 7 rings (SSSR count). The van der Waals surface area contributed by atoms with Crippen LogP contribution in [0.1, 0.15) is 35.6 Å². The maximum absolute atomic E-state index is 13.6. The molecule has 3 aliphatic rings. The molecular weight excluding hydrogens is 677 g/mol. The summed E-state index contributed by atoms with van der Waals surface area (Å²) in [4.78, 5) is 18.9. The lowest BCUT2D eigenvalue weighted by Gasteiger charge is -2.39. The van der Waals surface area contributed by atoms with Gasteiger partial charge < -0.3 is 39.6 Å². The number of nitrogens with zero attached hydrogens (tertiary/aromatic N) is 4. The van der Waals surface area contributed by atoms with Gasteiger partial charge in [-0.15, -0.1) is 5.10 Å². The SMILES string of the molecule is O=C(Oc1ccc(Cl)cc1)N1CCc2c([nH]c3ccc(Cl)cc23)C1C1C=CC(OCCc2cn(C3OC(CO)C(O)C(O)C3O)nn2)=CC1. The van der Waals surface area contributed by atoms with E-state index in [4.69, 9.17) is 37.4 Å². The first-order valence-corrected chi connectivity index (χ1v) is 16.7.